The number of amides is 1. The first-order chi connectivity index (χ1) is 11.7. The van der Waals surface area contributed by atoms with Crippen LogP contribution in [0.25, 0.3) is 0 Å². The number of anilines is 2. The Kier molecular flexibility index (Phi) is 6.08. The molecule has 1 N–H and O–H groups in total. The minimum atomic E-state index is -3.64. The molecule has 0 aliphatic carbocycles. The van der Waals surface area contributed by atoms with Gasteiger partial charge in [-0.25, -0.2) is 8.42 Å². The molecule has 0 unspecified atom stereocenters. The van der Waals surface area contributed by atoms with E-state index in [1.165, 1.54) is 4.31 Å². The van der Waals surface area contributed by atoms with E-state index in [1.54, 1.807) is 49.4 Å². The van der Waals surface area contributed by atoms with Gasteiger partial charge in [-0.05, 0) is 55.3 Å². The van der Waals surface area contributed by atoms with Crippen molar-refractivity contribution in [2.45, 2.75) is 26.3 Å². The van der Waals surface area contributed by atoms with Crippen molar-refractivity contribution in [3.05, 3.63) is 59.1 Å². The van der Waals surface area contributed by atoms with Gasteiger partial charge in [0.1, 0.15) is 6.04 Å². The SMILES string of the molecule is CC[C@@H](C(=O)Nc1ccc(Cl)cc1)N(c1cccc(C)c1)S(C)(=O)=O. The van der Waals surface area contributed by atoms with Gasteiger partial charge < -0.3 is 5.32 Å². The zero-order chi connectivity index (χ0) is 18.6. The summed E-state index contributed by atoms with van der Waals surface area (Å²) in [5, 5.41) is 3.31. The van der Waals surface area contributed by atoms with Crippen molar-refractivity contribution in [2.24, 2.45) is 0 Å². The molecule has 0 saturated carbocycles. The third-order valence-electron chi connectivity index (χ3n) is 3.70. The van der Waals surface area contributed by atoms with Gasteiger partial charge in [-0.1, -0.05) is 30.7 Å². The van der Waals surface area contributed by atoms with Crippen molar-refractivity contribution in [3.63, 3.8) is 0 Å². The number of nitrogens with one attached hydrogen (secondary N) is 1. The Bertz CT molecular complexity index is 851. The fraction of sp³-hybridized carbons (Fsp3) is 0.278. The lowest BCUT2D eigenvalue weighted by Gasteiger charge is -2.30. The molecule has 0 bridgehead atoms. The maximum Gasteiger partial charge on any atom is 0.248 e. The molecular formula is C18H21ClN2O3S. The van der Waals surface area contributed by atoms with Gasteiger partial charge in [0.05, 0.1) is 11.9 Å². The minimum Gasteiger partial charge on any atom is -0.324 e. The predicted octanol–water partition coefficient (Wildman–Crippen LogP) is 3.83. The van der Waals surface area contributed by atoms with E-state index in [2.05, 4.69) is 5.32 Å². The Hall–Kier alpha value is -2.05. The molecular weight excluding hydrogens is 360 g/mol. The number of hydrogen-bond donors (Lipinski definition) is 1. The number of sulfonamides is 1. The van der Waals surface area contributed by atoms with E-state index >= 15 is 0 Å². The van der Waals surface area contributed by atoms with Gasteiger partial charge in [0.25, 0.3) is 0 Å². The highest BCUT2D eigenvalue weighted by molar-refractivity contribution is 7.92. The lowest BCUT2D eigenvalue weighted by molar-refractivity contribution is -0.117. The van der Waals surface area contributed by atoms with Crippen molar-refractivity contribution in [2.75, 3.05) is 15.9 Å². The van der Waals surface area contributed by atoms with E-state index in [0.717, 1.165) is 11.8 Å². The summed E-state index contributed by atoms with van der Waals surface area (Å²) in [4.78, 5) is 12.7. The van der Waals surface area contributed by atoms with Crippen LogP contribution in [0.2, 0.25) is 5.02 Å². The number of rotatable bonds is 6. The topological polar surface area (TPSA) is 66.5 Å². The monoisotopic (exact) mass is 380 g/mol. The third-order valence-corrected chi connectivity index (χ3v) is 5.13. The number of carbonyl (C=O) groups is 1. The van der Waals surface area contributed by atoms with Crippen LogP contribution in [-0.4, -0.2) is 26.6 Å². The second-order valence-corrected chi connectivity index (χ2v) is 8.11. The first kappa shape index (κ1) is 19.3. The molecule has 0 aliphatic rings. The maximum atomic E-state index is 12.7. The van der Waals surface area contributed by atoms with Crippen LogP contribution in [0, 0.1) is 6.92 Å². The smallest absolute Gasteiger partial charge is 0.248 e. The summed E-state index contributed by atoms with van der Waals surface area (Å²) in [6.07, 6.45) is 1.44. The molecule has 0 fully saturated rings. The summed E-state index contributed by atoms with van der Waals surface area (Å²) in [5.41, 5.74) is 1.95. The maximum absolute atomic E-state index is 12.7. The molecule has 134 valence electrons. The quantitative estimate of drug-likeness (QED) is 0.828. The summed E-state index contributed by atoms with van der Waals surface area (Å²) in [5.74, 6) is -0.392. The van der Waals surface area contributed by atoms with Crippen molar-refractivity contribution < 1.29 is 13.2 Å². The van der Waals surface area contributed by atoms with Crippen LogP contribution in [0.1, 0.15) is 18.9 Å². The fourth-order valence-electron chi connectivity index (χ4n) is 2.58. The normalized spacial score (nSPS) is 12.5. The first-order valence-electron chi connectivity index (χ1n) is 7.85. The zero-order valence-corrected chi connectivity index (χ0v) is 15.9. The average Bonchev–Trinajstić information content (AvgIpc) is 2.53. The first-order valence-corrected chi connectivity index (χ1v) is 10.1. The second kappa shape index (κ2) is 7.89. The third kappa shape index (κ3) is 4.96. The highest BCUT2D eigenvalue weighted by Crippen LogP contribution is 2.24. The minimum absolute atomic E-state index is 0.334. The predicted molar refractivity (Wildman–Crippen MR) is 103 cm³/mol. The number of hydrogen-bond acceptors (Lipinski definition) is 3. The average molecular weight is 381 g/mol. The summed E-state index contributed by atoms with van der Waals surface area (Å²) in [6, 6.07) is 12.9. The van der Waals surface area contributed by atoms with Gasteiger partial charge >= 0.3 is 0 Å². The van der Waals surface area contributed by atoms with Gasteiger partial charge in [0.15, 0.2) is 0 Å². The lowest BCUT2D eigenvalue weighted by atomic mass is 10.1. The molecule has 1 amide bonds. The van der Waals surface area contributed by atoms with Crippen LogP contribution in [0.15, 0.2) is 48.5 Å². The Morgan fingerprint density at radius 3 is 2.36 bits per heavy atom. The van der Waals surface area contributed by atoms with E-state index in [9.17, 15) is 13.2 Å². The molecule has 0 aromatic heterocycles. The number of carbonyl (C=O) groups excluding carboxylic acids is 1. The van der Waals surface area contributed by atoms with Gasteiger partial charge in [-0.15, -0.1) is 0 Å². The molecule has 2 aromatic carbocycles. The van der Waals surface area contributed by atoms with E-state index in [0.29, 0.717) is 22.8 Å². The highest BCUT2D eigenvalue weighted by atomic mass is 35.5. The highest BCUT2D eigenvalue weighted by Gasteiger charge is 2.31. The Balaban J connectivity index is 2.36. The Morgan fingerprint density at radius 2 is 1.84 bits per heavy atom. The summed E-state index contributed by atoms with van der Waals surface area (Å²) in [6.45, 7) is 3.65. The molecule has 2 aromatic rings. The van der Waals surface area contributed by atoms with Crippen molar-refractivity contribution in [1.82, 2.24) is 0 Å². The van der Waals surface area contributed by atoms with E-state index in [-0.39, 0.29) is 0 Å². The molecule has 1 atom stereocenters. The second-order valence-electron chi connectivity index (χ2n) is 5.82. The van der Waals surface area contributed by atoms with Crippen molar-refractivity contribution in [1.29, 1.82) is 0 Å². The lowest BCUT2D eigenvalue weighted by Crippen LogP contribution is -2.47. The fourth-order valence-corrected chi connectivity index (χ4v) is 3.91. The van der Waals surface area contributed by atoms with Crippen molar-refractivity contribution in [3.8, 4) is 0 Å². The Morgan fingerprint density at radius 1 is 1.20 bits per heavy atom. The van der Waals surface area contributed by atoms with Crippen molar-refractivity contribution >= 4 is 38.9 Å². The summed E-state index contributed by atoms with van der Waals surface area (Å²) >= 11 is 5.84. The Labute approximate surface area is 153 Å². The van der Waals surface area contributed by atoms with Gasteiger partial charge in [-0.2, -0.15) is 0 Å². The van der Waals surface area contributed by atoms with E-state index in [4.69, 9.17) is 11.6 Å². The summed E-state index contributed by atoms with van der Waals surface area (Å²) in [7, 11) is -3.64. The van der Waals surface area contributed by atoms with Crippen LogP contribution in [0.5, 0.6) is 0 Å². The number of aryl methyl sites for hydroxylation is 1. The summed E-state index contributed by atoms with van der Waals surface area (Å²) < 4.78 is 25.9. The largest absolute Gasteiger partial charge is 0.324 e. The molecule has 0 heterocycles. The number of halogens is 1. The molecule has 2 rings (SSSR count). The molecule has 0 radical (unpaired) electrons. The van der Waals surface area contributed by atoms with Crippen LogP contribution < -0.4 is 9.62 Å². The van der Waals surface area contributed by atoms with Crippen LogP contribution in [0.4, 0.5) is 11.4 Å². The van der Waals surface area contributed by atoms with E-state index in [1.807, 2.05) is 13.0 Å². The van der Waals surface area contributed by atoms with Crippen LogP contribution in [-0.2, 0) is 14.8 Å². The zero-order valence-electron chi connectivity index (χ0n) is 14.4. The standard InChI is InChI=1S/C18H21ClN2O3S/c1-4-17(18(22)20-15-10-8-14(19)9-11-15)21(25(3,23)24)16-7-5-6-13(2)12-16/h5-12,17H,4H2,1-3H3,(H,20,22)/t17-/m0/s1. The number of nitrogens with zero attached hydrogens (tertiary/aromatic N) is 1. The molecule has 7 heteroatoms. The van der Waals surface area contributed by atoms with Gasteiger partial charge in [0, 0.05) is 10.7 Å². The molecule has 0 saturated heterocycles. The number of benzene rings is 2. The van der Waals surface area contributed by atoms with E-state index < -0.39 is 22.0 Å². The molecule has 25 heavy (non-hydrogen) atoms. The molecule has 0 spiro atoms. The van der Waals surface area contributed by atoms with Gasteiger partial charge in [-0.3, -0.25) is 9.10 Å². The van der Waals surface area contributed by atoms with Gasteiger partial charge in [0.2, 0.25) is 15.9 Å². The van der Waals surface area contributed by atoms with Crippen LogP contribution >= 0.6 is 11.6 Å². The van der Waals surface area contributed by atoms with Crippen LogP contribution in [0.3, 0.4) is 0 Å². The molecule has 0 aliphatic heterocycles. The molecule has 5 nitrogen and oxygen atoms in total.